The van der Waals surface area contributed by atoms with E-state index in [1.54, 1.807) is 13.2 Å². The van der Waals surface area contributed by atoms with Crippen LogP contribution >= 0.6 is 35.7 Å². The molecule has 3 aromatic rings. The predicted octanol–water partition coefficient (Wildman–Crippen LogP) is 3.65. The Bertz CT molecular complexity index is 864. The van der Waals surface area contributed by atoms with Crippen LogP contribution in [0.25, 0.3) is 5.82 Å². The largest absolute Gasteiger partial charge is 0.356 e. The first kappa shape index (κ1) is 22.2. The van der Waals surface area contributed by atoms with Gasteiger partial charge in [0, 0.05) is 49.4 Å². The minimum atomic E-state index is 0. The van der Waals surface area contributed by atoms with Crippen molar-refractivity contribution in [3.8, 4) is 5.82 Å². The number of halogens is 1. The van der Waals surface area contributed by atoms with Crippen molar-refractivity contribution < 1.29 is 0 Å². The smallest absolute Gasteiger partial charge is 0.191 e. The molecule has 0 saturated heterocycles. The first-order valence-electron chi connectivity index (χ1n) is 8.84. The summed E-state index contributed by atoms with van der Waals surface area (Å²) >= 11 is 1.83. The summed E-state index contributed by atoms with van der Waals surface area (Å²) in [5.74, 6) is 3.56. The Morgan fingerprint density at radius 2 is 1.93 bits per heavy atom. The molecule has 0 bridgehead atoms. The summed E-state index contributed by atoms with van der Waals surface area (Å²) in [6.07, 6.45) is 5.56. The Labute approximate surface area is 187 Å². The monoisotopic (exact) mass is 508 g/mol. The van der Waals surface area contributed by atoms with Crippen LogP contribution in [0.5, 0.6) is 0 Å². The average Bonchev–Trinajstić information content (AvgIpc) is 3.14. The lowest BCUT2D eigenvalue weighted by Crippen LogP contribution is -2.37. The Morgan fingerprint density at radius 1 is 1.11 bits per heavy atom. The van der Waals surface area contributed by atoms with E-state index in [-0.39, 0.29) is 24.0 Å². The molecule has 0 aliphatic carbocycles. The fraction of sp³-hybridized carbons (Fsp3) is 0.250. The summed E-state index contributed by atoms with van der Waals surface area (Å²) in [7, 11) is 1.78. The van der Waals surface area contributed by atoms with Crippen LogP contribution in [0.3, 0.4) is 0 Å². The van der Waals surface area contributed by atoms with Crippen LogP contribution in [0.15, 0.2) is 70.9 Å². The maximum absolute atomic E-state index is 4.51. The molecule has 2 heterocycles. The molecule has 2 aromatic heterocycles. The van der Waals surface area contributed by atoms with Crippen molar-refractivity contribution in [3.05, 3.63) is 72.4 Å². The molecular formula is C20H25IN6S. The number of aromatic nitrogens is 3. The third kappa shape index (κ3) is 6.52. The molecule has 28 heavy (non-hydrogen) atoms. The molecule has 0 radical (unpaired) electrons. The maximum atomic E-state index is 4.51. The lowest BCUT2D eigenvalue weighted by Gasteiger charge is -2.12. The Kier molecular flexibility index (Phi) is 9.29. The second kappa shape index (κ2) is 11.7. The molecule has 3 rings (SSSR count). The van der Waals surface area contributed by atoms with Gasteiger partial charge in [-0.1, -0.05) is 24.3 Å². The summed E-state index contributed by atoms with van der Waals surface area (Å²) in [5, 5.41) is 6.66. The highest BCUT2D eigenvalue weighted by molar-refractivity contribution is 14.0. The van der Waals surface area contributed by atoms with Crippen molar-refractivity contribution in [3.63, 3.8) is 0 Å². The van der Waals surface area contributed by atoms with Crippen LogP contribution < -0.4 is 10.6 Å². The van der Waals surface area contributed by atoms with Gasteiger partial charge < -0.3 is 10.6 Å². The molecule has 0 unspecified atom stereocenters. The van der Waals surface area contributed by atoms with E-state index in [1.807, 2.05) is 47.8 Å². The Hall–Kier alpha value is -2.07. The summed E-state index contributed by atoms with van der Waals surface area (Å²) < 4.78 is 1.96. The first-order chi connectivity index (χ1) is 13.3. The van der Waals surface area contributed by atoms with Crippen molar-refractivity contribution in [2.75, 3.05) is 19.3 Å². The van der Waals surface area contributed by atoms with Crippen molar-refractivity contribution in [2.24, 2.45) is 4.99 Å². The number of imidazole rings is 1. The zero-order valence-corrected chi connectivity index (χ0v) is 19.1. The fourth-order valence-electron chi connectivity index (χ4n) is 2.55. The number of guanidine groups is 1. The molecule has 148 valence electrons. The third-order valence-corrected chi connectivity index (χ3v) is 4.99. The lowest BCUT2D eigenvalue weighted by molar-refractivity contribution is 0.826. The second-order valence-corrected chi connectivity index (χ2v) is 7.05. The van der Waals surface area contributed by atoms with E-state index in [0.717, 1.165) is 35.5 Å². The van der Waals surface area contributed by atoms with Crippen molar-refractivity contribution >= 4 is 41.7 Å². The fourth-order valence-corrected chi connectivity index (χ4v) is 3.33. The zero-order chi connectivity index (χ0) is 18.9. The van der Waals surface area contributed by atoms with E-state index in [0.29, 0.717) is 6.54 Å². The van der Waals surface area contributed by atoms with Gasteiger partial charge in [0.15, 0.2) is 5.96 Å². The lowest BCUT2D eigenvalue weighted by atomic mass is 10.3. The molecule has 0 aliphatic heterocycles. The minimum Gasteiger partial charge on any atom is -0.356 e. The van der Waals surface area contributed by atoms with Crippen LogP contribution in [0, 0.1) is 6.92 Å². The SMILES string of the molecule is CN=C(NCCSc1ccccc1)NCc1ccc(-n2ccnc2C)nc1.I. The molecular weight excluding hydrogens is 483 g/mol. The summed E-state index contributed by atoms with van der Waals surface area (Å²) in [5.41, 5.74) is 1.10. The highest BCUT2D eigenvalue weighted by Gasteiger charge is 2.03. The van der Waals surface area contributed by atoms with Gasteiger partial charge >= 0.3 is 0 Å². The van der Waals surface area contributed by atoms with Crippen LogP contribution in [0.1, 0.15) is 11.4 Å². The van der Waals surface area contributed by atoms with Gasteiger partial charge in [-0.2, -0.15) is 0 Å². The number of benzene rings is 1. The van der Waals surface area contributed by atoms with Gasteiger partial charge in [-0.15, -0.1) is 35.7 Å². The molecule has 0 saturated carbocycles. The van der Waals surface area contributed by atoms with Gasteiger partial charge in [-0.05, 0) is 30.7 Å². The van der Waals surface area contributed by atoms with Crippen molar-refractivity contribution in [2.45, 2.75) is 18.4 Å². The molecule has 0 fully saturated rings. The molecule has 0 atom stereocenters. The number of thioether (sulfide) groups is 1. The number of hydrogen-bond donors (Lipinski definition) is 2. The number of nitrogens with zero attached hydrogens (tertiary/aromatic N) is 4. The van der Waals surface area contributed by atoms with E-state index in [1.165, 1.54) is 4.90 Å². The number of hydrogen-bond acceptors (Lipinski definition) is 4. The number of aryl methyl sites for hydroxylation is 1. The average molecular weight is 508 g/mol. The van der Waals surface area contributed by atoms with E-state index in [2.05, 4.69) is 55.9 Å². The normalized spacial score (nSPS) is 11.0. The summed E-state index contributed by atoms with van der Waals surface area (Å²) in [4.78, 5) is 14.3. The van der Waals surface area contributed by atoms with Crippen LogP contribution in [-0.4, -0.2) is 39.8 Å². The zero-order valence-electron chi connectivity index (χ0n) is 16.0. The quantitative estimate of drug-likeness (QED) is 0.168. The number of pyridine rings is 1. The van der Waals surface area contributed by atoms with E-state index in [9.17, 15) is 0 Å². The van der Waals surface area contributed by atoms with Gasteiger partial charge in [-0.25, -0.2) is 9.97 Å². The van der Waals surface area contributed by atoms with Gasteiger partial charge in [-0.3, -0.25) is 9.56 Å². The minimum absolute atomic E-state index is 0. The van der Waals surface area contributed by atoms with Gasteiger partial charge in [0.1, 0.15) is 11.6 Å². The molecule has 6 nitrogen and oxygen atoms in total. The van der Waals surface area contributed by atoms with E-state index in [4.69, 9.17) is 0 Å². The summed E-state index contributed by atoms with van der Waals surface area (Å²) in [6, 6.07) is 14.5. The molecule has 0 aliphatic rings. The summed E-state index contributed by atoms with van der Waals surface area (Å²) in [6.45, 7) is 3.47. The first-order valence-corrected chi connectivity index (χ1v) is 9.82. The van der Waals surface area contributed by atoms with Crippen LogP contribution in [0.2, 0.25) is 0 Å². The number of aliphatic imine (C=N–C) groups is 1. The van der Waals surface area contributed by atoms with Crippen molar-refractivity contribution in [1.82, 2.24) is 25.2 Å². The van der Waals surface area contributed by atoms with Crippen LogP contribution in [0.4, 0.5) is 0 Å². The molecule has 1 aromatic carbocycles. The Balaban J connectivity index is 0.00000280. The van der Waals surface area contributed by atoms with Gasteiger partial charge in [0.25, 0.3) is 0 Å². The Morgan fingerprint density at radius 3 is 2.57 bits per heavy atom. The number of rotatable bonds is 7. The van der Waals surface area contributed by atoms with Gasteiger partial charge in [0.2, 0.25) is 0 Å². The van der Waals surface area contributed by atoms with E-state index >= 15 is 0 Å². The molecule has 0 amide bonds. The maximum Gasteiger partial charge on any atom is 0.191 e. The standard InChI is InChI=1S/C20H24N6S.HI/c1-16-22-10-12-26(16)19-9-8-17(14-24-19)15-25-20(21-2)23-11-13-27-18-6-4-3-5-7-18;/h3-10,12,14H,11,13,15H2,1-2H3,(H2,21,23,25);1H. The molecule has 8 heteroatoms. The van der Waals surface area contributed by atoms with E-state index < -0.39 is 0 Å². The van der Waals surface area contributed by atoms with Crippen LogP contribution in [-0.2, 0) is 6.54 Å². The van der Waals surface area contributed by atoms with Crippen molar-refractivity contribution in [1.29, 1.82) is 0 Å². The highest BCUT2D eigenvalue weighted by atomic mass is 127. The molecule has 0 spiro atoms. The molecule has 2 N–H and O–H groups in total. The third-order valence-electron chi connectivity index (χ3n) is 3.97. The second-order valence-electron chi connectivity index (χ2n) is 5.88. The predicted molar refractivity (Wildman–Crippen MR) is 127 cm³/mol. The topological polar surface area (TPSA) is 67.1 Å². The number of nitrogens with one attached hydrogen (secondary N) is 2. The highest BCUT2D eigenvalue weighted by Crippen LogP contribution is 2.15. The van der Waals surface area contributed by atoms with Gasteiger partial charge in [0.05, 0.1) is 0 Å².